The minimum Gasteiger partial charge on any atom is -0.497 e. The Labute approximate surface area is 192 Å². The van der Waals surface area contributed by atoms with Crippen LogP contribution in [0.4, 0.5) is 5.69 Å². The number of methoxy groups -OCH3 is 1. The Hall–Kier alpha value is -3.11. The molecule has 32 heavy (non-hydrogen) atoms. The van der Waals surface area contributed by atoms with Crippen molar-refractivity contribution in [3.63, 3.8) is 0 Å². The summed E-state index contributed by atoms with van der Waals surface area (Å²) in [4.78, 5) is 17.7. The lowest BCUT2D eigenvalue weighted by atomic mass is 10.1. The summed E-state index contributed by atoms with van der Waals surface area (Å²) >= 11 is 0. The standard InChI is InChI=1S/C28H34N2O2/c1-4-29(5-2)21-9-10-23-13-17-26(18-14-23)30(28(31)25-11-7-6-8-12-25)22-24-15-19-27(32-3)20-16-24/h6-8,11-20H,4-5,9-10,21-22H2,1-3H3. The zero-order valence-corrected chi connectivity index (χ0v) is 19.5. The first kappa shape index (κ1) is 23.6. The van der Waals surface area contributed by atoms with Gasteiger partial charge in [0.1, 0.15) is 5.75 Å². The van der Waals surface area contributed by atoms with E-state index in [1.165, 1.54) is 5.56 Å². The van der Waals surface area contributed by atoms with Crippen molar-refractivity contribution in [2.75, 3.05) is 31.6 Å². The largest absolute Gasteiger partial charge is 0.497 e. The van der Waals surface area contributed by atoms with Gasteiger partial charge in [0.05, 0.1) is 13.7 Å². The molecule has 0 saturated heterocycles. The van der Waals surface area contributed by atoms with Crippen LogP contribution in [-0.2, 0) is 13.0 Å². The Bertz CT molecular complexity index is 949. The summed E-state index contributed by atoms with van der Waals surface area (Å²) in [5, 5.41) is 0. The summed E-state index contributed by atoms with van der Waals surface area (Å²) in [7, 11) is 1.66. The molecule has 0 heterocycles. The number of hydrogen-bond donors (Lipinski definition) is 0. The lowest BCUT2D eigenvalue weighted by molar-refractivity contribution is 0.0985. The maximum atomic E-state index is 13.4. The van der Waals surface area contributed by atoms with Crippen molar-refractivity contribution < 1.29 is 9.53 Å². The van der Waals surface area contributed by atoms with Gasteiger partial charge in [0.25, 0.3) is 5.91 Å². The predicted molar refractivity (Wildman–Crippen MR) is 133 cm³/mol. The number of benzene rings is 3. The summed E-state index contributed by atoms with van der Waals surface area (Å²) in [5.74, 6) is 0.805. The first-order valence-corrected chi connectivity index (χ1v) is 11.5. The molecule has 168 valence electrons. The van der Waals surface area contributed by atoms with Crippen LogP contribution in [0.1, 0.15) is 41.8 Å². The van der Waals surface area contributed by atoms with Crippen molar-refractivity contribution in [1.29, 1.82) is 0 Å². The minimum atomic E-state index is -0.00398. The highest BCUT2D eigenvalue weighted by Gasteiger charge is 2.18. The highest BCUT2D eigenvalue weighted by molar-refractivity contribution is 6.06. The third kappa shape index (κ3) is 6.44. The second kappa shape index (κ2) is 12.1. The van der Waals surface area contributed by atoms with Crippen LogP contribution in [0.2, 0.25) is 0 Å². The van der Waals surface area contributed by atoms with Crippen molar-refractivity contribution in [2.45, 2.75) is 33.2 Å². The number of aryl methyl sites for hydroxylation is 1. The van der Waals surface area contributed by atoms with Gasteiger partial charge in [-0.05, 0) is 80.0 Å². The molecule has 0 saturated carbocycles. The van der Waals surface area contributed by atoms with Gasteiger partial charge in [-0.15, -0.1) is 0 Å². The number of anilines is 1. The van der Waals surface area contributed by atoms with Crippen LogP contribution >= 0.6 is 0 Å². The fraction of sp³-hybridized carbons (Fsp3) is 0.321. The topological polar surface area (TPSA) is 32.8 Å². The van der Waals surface area contributed by atoms with E-state index in [-0.39, 0.29) is 5.91 Å². The van der Waals surface area contributed by atoms with Gasteiger partial charge in [0.15, 0.2) is 0 Å². The molecular weight excluding hydrogens is 396 g/mol. The molecule has 4 heteroatoms. The molecule has 3 rings (SSSR count). The molecular formula is C28H34N2O2. The fourth-order valence-corrected chi connectivity index (χ4v) is 3.82. The van der Waals surface area contributed by atoms with Gasteiger partial charge >= 0.3 is 0 Å². The SMILES string of the molecule is CCN(CC)CCCc1ccc(N(Cc2ccc(OC)cc2)C(=O)c2ccccc2)cc1. The fourth-order valence-electron chi connectivity index (χ4n) is 3.82. The normalized spacial score (nSPS) is 10.9. The summed E-state index contributed by atoms with van der Waals surface area (Å²) in [6.07, 6.45) is 2.18. The van der Waals surface area contributed by atoms with Crippen molar-refractivity contribution in [2.24, 2.45) is 0 Å². The molecule has 3 aromatic rings. The van der Waals surface area contributed by atoms with E-state index in [9.17, 15) is 4.79 Å². The van der Waals surface area contributed by atoms with E-state index >= 15 is 0 Å². The Morgan fingerprint density at radius 2 is 1.44 bits per heavy atom. The number of rotatable bonds is 11. The van der Waals surface area contributed by atoms with Crippen LogP contribution in [0, 0.1) is 0 Å². The molecule has 0 aromatic heterocycles. The monoisotopic (exact) mass is 430 g/mol. The summed E-state index contributed by atoms with van der Waals surface area (Å²) in [5.41, 5.74) is 3.95. The molecule has 0 atom stereocenters. The van der Waals surface area contributed by atoms with Gasteiger partial charge in [-0.1, -0.05) is 56.3 Å². The van der Waals surface area contributed by atoms with Crippen molar-refractivity contribution in [1.82, 2.24) is 4.90 Å². The van der Waals surface area contributed by atoms with Crippen molar-refractivity contribution in [3.05, 3.63) is 95.6 Å². The maximum Gasteiger partial charge on any atom is 0.258 e. The number of nitrogens with zero attached hydrogens (tertiary/aromatic N) is 2. The lowest BCUT2D eigenvalue weighted by Gasteiger charge is -2.24. The molecule has 0 fully saturated rings. The van der Waals surface area contributed by atoms with E-state index in [0.717, 1.165) is 49.5 Å². The van der Waals surface area contributed by atoms with Crippen LogP contribution in [0.5, 0.6) is 5.75 Å². The van der Waals surface area contributed by atoms with Gasteiger partial charge < -0.3 is 14.5 Å². The highest BCUT2D eigenvalue weighted by Crippen LogP contribution is 2.23. The van der Waals surface area contributed by atoms with E-state index in [0.29, 0.717) is 12.1 Å². The molecule has 0 N–H and O–H groups in total. The number of carbonyl (C=O) groups excluding carboxylic acids is 1. The number of ether oxygens (including phenoxy) is 1. The van der Waals surface area contributed by atoms with Gasteiger partial charge in [0.2, 0.25) is 0 Å². The summed E-state index contributed by atoms with van der Waals surface area (Å²) in [6.45, 7) is 8.22. The molecule has 0 aliphatic carbocycles. The summed E-state index contributed by atoms with van der Waals surface area (Å²) in [6, 6.07) is 25.8. The van der Waals surface area contributed by atoms with Crippen LogP contribution in [0.15, 0.2) is 78.9 Å². The molecule has 3 aromatic carbocycles. The van der Waals surface area contributed by atoms with Gasteiger partial charge in [-0.3, -0.25) is 4.79 Å². The summed E-state index contributed by atoms with van der Waals surface area (Å²) < 4.78 is 5.27. The molecule has 0 radical (unpaired) electrons. The molecule has 0 bridgehead atoms. The van der Waals surface area contributed by atoms with E-state index in [4.69, 9.17) is 4.74 Å². The van der Waals surface area contributed by atoms with Gasteiger partial charge in [0, 0.05) is 11.3 Å². The average Bonchev–Trinajstić information content (AvgIpc) is 2.86. The zero-order valence-electron chi connectivity index (χ0n) is 19.5. The van der Waals surface area contributed by atoms with Crippen molar-refractivity contribution in [3.8, 4) is 5.75 Å². The van der Waals surface area contributed by atoms with E-state index < -0.39 is 0 Å². The smallest absolute Gasteiger partial charge is 0.258 e. The second-order valence-electron chi connectivity index (χ2n) is 7.90. The molecule has 4 nitrogen and oxygen atoms in total. The molecule has 0 spiro atoms. The Morgan fingerprint density at radius 1 is 0.812 bits per heavy atom. The van der Waals surface area contributed by atoms with E-state index in [2.05, 4.69) is 43.0 Å². The van der Waals surface area contributed by atoms with E-state index in [1.807, 2.05) is 59.5 Å². The predicted octanol–water partition coefficient (Wildman–Crippen LogP) is 5.82. The molecule has 0 aliphatic heterocycles. The zero-order chi connectivity index (χ0) is 22.8. The Morgan fingerprint density at radius 3 is 2.03 bits per heavy atom. The van der Waals surface area contributed by atoms with Gasteiger partial charge in [-0.2, -0.15) is 0 Å². The third-order valence-electron chi connectivity index (χ3n) is 5.85. The molecule has 0 unspecified atom stereocenters. The van der Waals surface area contributed by atoms with Gasteiger partial charge in [-0.25, -0.2) is 0 Å². The van der Waals surface area contributed by atoms with Crippen LogP contribution in [-0.4, -0.2) is 37.6 Å². The number of hydrogen-bond acceptors (Lipinski definition) is 3. The molecule has 1 amide bonds. The number of carbonyl (C=O) groups is 1. The lowest BCUT2D eigenvalue weighted by Crippen LogP contribution is -2.30. The number of amides is 1. The first-order chi connectivity index (χ1) is 15.6. The first-order valence-electron chi connectivity index (χ1n) is 11.5. The quantitative estimate of drug-likeness (QED) is 0.384. The highest BCUT2D eigenvalue weighted by atomic mass is 16.5. The third-order valence-corrected chi connectivity index (χ3v) is 5.85. The van der Waals surface area contributed by atoms with Crippen LogP contribution in [0.3, 0.4) is 0 Å². The Kier molecular flexibility index (Phi) is 8.88. The van der Waals surface area contributed by atoms with Crippen LogP contribution in [0.25, 0.3) is 0 Å². The Balaban J connectivity index is 1.77. The average molecular weight is 431 g/mol. The van der Waals surface area contributed by atoms with Crippen molar-refractivity contribution >= 4 is 11.6 Å². The van der Waals surface area contributed by atoms with Crippen LogP contribution < -0.4 is 9.64 Å². The second-order valence-corrected chi connectivity index (χ2v) is 7.90. The minimum absolute atomic E-state index is 0.00398. The maximum absolute atomic E-state index is 13.4. The van der Waals surface area contributed by atoms with E-state index in [1.54, 1.807) is 7.11 Å². The molecule has 0 aliphatic rings.